The fraction of sp³-hybridized carbons (Fsp3) is 0.639. The molecule has 1 aromatic carbocycles. The molecule has 47 heavy (non-hydrogen) atoms. The van der Waals surface area contributed by atoms with E-state index in [2.05, 4.69) is 22.2 Å². The maximum Gasteiger partial charge on any atom is 0.408 e. The van der Waals surface area contributed by atoms with Crippen molar-refractivity contribution >= 4 is 23.8 Å². The van der Waals surface area contributed by atoms with Gasteiger partial charge >= 0.3 is 6.09 Å². The molecule has 2 fully saturated rings. The van der Waals surface area contributed by atoms with E-state index in [1.165, 1.54) is 62.6 Å². The van der Waals surface area contributed by atoms with Crippen LogP contribution in [0.5, 0.6) is 0 Å². The van der Waals surface area contributed by atoms with Crippen molar-refractivity contribution in [1.29, 1.82) is 0 Å². The van der Waals surface area contributed by atoms with Crippen molar-refractivity contribution in [2.45, 2.75) is 128 Å². The van der Waals surface area contributed by atoms with Gasteiger partial charge in [-0.2, -0.15) is 0 Å². The standard InChI is InChI=1S/C36H54N6O5/c1-2-3-4-5-6-7-8-9-10-14-21-38-33(43)30-19-15-22-40(30)34(44)31-20-16-23-41(31)35(45)32(24-29-25-37-27-39-29)42(36(46)47)26-28-17-12-11-13-18-28/h11-13,17-18,25,27,30-32H,2-10,14-16,19-24,26H2,1H3,(H,37,39)(H,38,43)(H,46,47). The summed E-state index contributed by atoms with van der Waals surface area (Å²) < 4.78 is 0. The third-order valence-corrected chi connectivity index (χ3v) is 9.55. The van der Waals surface area contributed by atoms with Crippen LogP contribution in [0.4, 0.5) is 4.79 Å². The molecule has 4 amide bonds. The van der Waals surface area contributed by atoms with Gasteiger partial charge in [-0.3, -0.25) is 19.3 Å². The van der Waals surface area contributed by atoms with Crippen LogP contribution in [-0.2, 0) is 27.3 Å². The predicted molar refractivity (Wildman–Crippen MR) is 180 cm³/mol. The molecular weight excluding hydrogens is 596 g/mol. The number of aromatic nitrogens is 2. The fourth-order valence-electron chi connectivity index (χ4n) is 6.94. The van der Waals surface area contributed by atoms with Crippen molar-refractivity contribution in [3.8, 4) is 0 Å². The average Bonchev–Trinajstić information content (AvgIpc) is 3.87. The molecule has 1 aromatic heterocycles. The van der Waals surface area contributed by atoms with Crippen LogP contribution in [0, 0.1) is 0 Å². The Balaban J connectivity index is 1.34. The number of H-pyrrole nitrogens is 1. The number of benzene rings is 1. The second-order valence-corrected chi connectivity index (χ2v) is 13.0. The molecule has 0 aliphatic carbocycles. The lowest BCUT2D eigenvalue weighted by atomic mass is 10.1. The quantitative estimate of drug-likeness (QED) is 0.171. The zero-order valence-corrected chi connectivity index (χ0v) is 28.1. The van der Waals surface area contributed by atoms with E-state index in [-0.39, 0.29) is 24.8 Å². The first kappa shape index (κ1) is 36.0. The van der Waals surface area contributed by atoms with Crippen LogP contribution in [0.15, 0.2) is 42.9 Å². The van der Waals surface area contributed by atoms with Crippen molar-refractivity contribution in [3.05, 3.63) is 54.1 Å². The molecule has 2 aromatic rings. The van der Waals surface area contributed by atoms with E-state index in [0.29, 0.717) is 44.6 Å². The molecule has 0 spiro atoms. The summed E-state index contributed by atoms with van der Waals surface area (Å²) in [5, 5.41) is 13.3. The zero-order valence-electron chi connectivity index (χ0n) is 28.1. The first-order valence-corrected chi connectivity index (χ1v) is 17.8. The number of carboxylic acid groups (broad SMARTS) is 1. The van der Waals surface area contributed by atoms with E-state index in [1.807, 2.05) is 30.3 Å². The number of carbonyl (C=O) groups excluding carboxylic acids is 3. The summed E-state index contributed by atoms with van der Waals surface area (Å²) in [5.41, 5.74) is 1.32. The number of rotatable bonds is 19. The Morgan fingerprint density at radius 3 is 2.19 bits per heavy atom. The Labute approximate surface area is 279 Å². The molecule has 0 saturated carbocycles. The molecule has 11 heteroatoms. The van der Waals surface area contributed by atoms with Gasteiger partial charge in [-0.15, -0.1) is 0 Å². The third kappa shape index (κ3) is 10.6. The second-order valence-electron chi connectivity index (χ2n) is 13.0. The smallest absolute Gasteiger partial charge is 0.408 e. The molecule has 2 saturated heterocycles. The molecule has 0 radical (unpaired) electrons. The van der Waals surface area contributed by atoms with Crippen molar-refractivity contribution in [1.82, 2.24) is 30.0 Å². The monoisotopic (exact) mass is 650 g/mol. The van der Waals surface area contributed by atoms with Crippen LogP contribution < -0.4 is 5.32 Å². The summed E-state index contributed by atoms with van der Waals surface area (Å²) in [6.45, 7) is 3.69. The van der Waals surface area contributed by atoms with Gasteiger partial charge in [0, 0.05) is 38.8 Å². The molecule has 3 unspecified atom stereocenters. The topological polar surface area (TPSA) is 139 Å². The number of likely N-dealkylation sites (tertiary alicyclic amines) is 2. The molecule has 4 rings (SSSR count). The van der Waals surface area contributed by atoms with Gasteiger partial charge in [-0.05, 0) is 37.7 Å². The van der Waals surface area contributed by atoms with E-state index >= 15 is 0 Å². The molecule has 2 aliphatic heterocycles. The lowest BCUT2D eigenvalue weighted by molar-refractivity contribution is -0.148. The largest absolute Gasteiger partial charge is 0.465 e. The molecular formula is C36H54N6O5. The number of unbranched alkanes of at least 4 members (excludes halogenated alkanes) is 9. The van der Waals surface area contributed by atoms with Crippen LogP contribution >= 0.6 is 0 Å². The number of nitrogens with zero attached hydrogens (tertiary/aromatic N) is 4. The van der Waals surface area contributed by atoms with Gasteiger partial charge in [0.05, 0.1) is 12.0 Å². The van der Waals surface area contributed by atoms with Gasteiger partial charge in [-0.1, -0.05) is 95.0 Å². The van der Waals surface area contributed by atoms with Crippen LogP contribution in [0.1, 0.15) is 108 Å². The predicted octanol–water partition coefficient (Wildman–Crippen LogP) is 5.52. The second kappa shape index (κ2) is 19.1. The van der Waals surface area contributed by atoms with Crippen molar-refractivity contribution in [2.24, 2.45) is 0 Å². The lowest BCUT2D eigenvalue weighted by Crippen LogP contribution is -2.57. The Bertz CT molecular complexity index is 1260. The first-order chi connectivity index (χ1) is 22.9. The summed E-state index contributed by atoms with van der Waals surface area (Å²) in [6.07, 6.45) is 16.7. The minimum Gasteiger partial charge on any atom is -0.465 e. The molecule has 3 heterocycles. The fourth-order valence-corrected chi connectivity index (χ4v) is 6.94. The molecule has 3 atom stereocenters. The SMILES string of the molecule is CCCCCCCCCCCCNC(=O)C1CCCN1C(=O)C1CCCN1C(=O)C(Cc1c[nH]cn1)N(Cc1ccccc1)C(=O)O. The minimum absolute atomic E-state index is 0.0247. The van der Waals surface area contributed by atoms with Crippen LogP contribution in [0.2, 0.25) is 0 Å². The highest BCUT2D eigenvalue weighted by Gasteiger charge is 2.44. The number of hydrogen-bond acceptors (Lipinski definition) is 5. The summed E-state index contributed by atoms with van der Waals surface area (Å²) in [5.74, 6) is -0.766. The van der Waals surface area contributed by atoms with E-state index in [1.54, 1.807) is 11.1 Å². The van der Waals surface area contributed by atoms with Gasteiger partial charge in [0.15, 0.2) is 0 Å². The number of imidazole rings is 1. The average molecular weight is 651 g/mol. The summed E-state index contributed by atoms with van der Waals surface area (Å²) in [6, 6.07) is 6.81. The Morgan fingerprint density at radius 1 is 0.915 bits per heavy atom. The highest BCUT2D eigenvalue weighted by Crippen LogP contribution is 2.27. The molecule has 0 bridgehead atoms. The molecule has 11 nitrogen and oxygen atoms in total. The maximum atomic E-state index is 14.2. The van der Waals surface area contributed by atoms with Gasteiger partial charge in [0.1, 0.15) is 18.1 Å². The van der Waals surface area contributed by atoms with Crippen LogP contribution in [-0.4, -0.2) is 91.3 Å². The van der Waals surface area contributed by atoms with E-state index < -0.39 is 30.1 Å². The van der Waals surface area contributed by atoms with Gasteiger partial charge in [0.25, 0.3) is 0 Å². The number of carbonyl (C=O) groups is 4. The molecule has 2 aliphatic rings. The Hall–Kier alpha value is -3.89. The Morgan fingerprint density at radius 2 is 1.55 bits per heavy atom. The highest BCUT2D eigenvalue weighted by molar-refractivity contribution is 5.94. The van der Waals surface area contributed by atoms with E-state index in [0.717, 1.165) is 29.7 Å². The number of aromatic amines is 1. The number of amides is 4. The third-order valence-electron chi connectivity index (χ3n) is 9.55. The Kier molecular flexibility index (Phi) is 14.6. The lowest BCUT2D eigenvalue weighted by Gasteiger charge is -2.35. The molecule has 3 N–H and O–H groups in total. The van der Waals surface area contributed by atoms with Gasteiger partial charge < -0.3 is 25.2 Å². The number of hydrogen-bond donors (Lipinski definition) is 3. The minimum atomic E-state index is -1.22. The van der Waals surface area contributed by atoms with Crippen molar-refractivity contribution in [2.75, 3.05) is 19.6 Å². The first-order valence-electron chi connectivity index (χ1n) is 17.8. The van der Waals surface area contributed by atoms with E-state index in [4.69, 9.17) is 0 Å². The van der Waals surface area contributed by atoms with Gasteiger partial charge in [-0.25, -0.2) is 9.78 Å². The van der Waals surface area contributed by atoms with Crippen LogP contribution in [0.3, 0.4) is 0 Å². The van der Waals surface area contributed by atoms with Crippen molar-refractivity contribution in [3.63, 3.8) is 0 Å². The van der Waals surface area contributed by atoms with Gasteiger partial charge in [0.2, 0.25) is 17.7 Å². The number of nitrogens with one attached hydrogen (secondary N) is 2. The van der Waals surface area contributed by atoms with E-state index in [9.17, 15) is 24.3 Å². The van der Waals surface area contributed by atoms with Crippen molar-refractivity contribution < 1.29 is 24.3 Å². The summed E-state index contributed by atoms with van der Waals surface area (Å²) in [7, 11) is 0. The normalized spacial score (nSPS) is 18.3. The maximum absolute atomic E-state index is 14.2. The molecule has 258 valence electrons. The summed E-state index contributed by atoms with van der Waals surface area (Å²) >= 11 is 0. The summed E-state index contributed by atoms with van der Waals surface area (Å²) in [4.78, 5) is 65.4. The highest BCUT2D eigenvalue weighted by atomic mass is 16.4. The zero-order chi connectivity index (χ0) is 33.4. The van der Waals surface area contributed by atoms with Crippen LogP contribution in [0.25, 0.3) is 0 Å².